The number of alkyl halides is 3. The molecule has 0 spiro atoms. The molecule has 2 fully saturated rings. The summed E-state index contributed by atoms with van der Waals surface area (Å²) in [5.74, 6) is -0.498. The molecule has 0 aliphatic carbocycles. The third kappa shape index (κ3) is 6.27. The summed E-state index contributed by atoms with van der Waals surface area (Å²) in [6.45, 7) is 2.19. The Hall–Kier alpha value is -2.01. The van der Waals surface area contributed by atoms with Crippen LogP contribution < -0.4 is 4.90 Å². The summed E-state index contributed by atoms with van der Waals surface area (Å²) in [6.07, 6.45) is -3.56. The molecule has 12 heteroatoms. The van der Waals surface area contributed by atoms with Gasteiger partial charge < -0.3 is 9.80 Å². The van der Waals surface area contributed by atoms with Crippen molar-refractivity contribution >= 4 is 44.8 Å². The summed E-state index contributed by atoms with van der Waals surface area (Å²) < 4.78 is 66.2. The van der Waals surface area contributed by atoms with Gasteiger partial charge in [0, 0.05) is 50.9 Å². The molecule has 0 unspecified atom stereocenters. The smallest absolute Gasteiger partial charge is 0.368 e. The molecule has 0 aromatic heterocycles. The summed E-state index contributed by atoms with van der Waals surface area (Å²) in [7, 11) is -3.57. The SMILES string of the molecule is O=C(C1CCN(S(=O)(=O)Cc2ccc(Cl)c(Cl)c2)CC1)N1CCN(c2cccc(C(F)(F)F)c2)CC1. The van der Waals surface area contributed by atoms with E-state index in [4.69, 9.17) is 23.2 Å². The number of benzene rings is 2. The number of hydrogen-bond acceptors (Lipinski definition) is 4. The van der Waals surface area contributed by atoms with E-state index >= 15 is 0 Å². The molecule has 2 aliphatic rings. The van der Waals surface area contributed by atoms with Crippen LogP contribution in [-0.4, -0.2) is 62.8 Å². The van der Waals surface area contributed by atoms with Crippen LogP contribution in [0.15, 0.2) is 42.5 Å². The molecule has 0 N–H and O–H groups in total. The van der Waals surface area contributed by atoms with Crippen molar-refractivity contribution in [3.8, 4) is 0 Å². The second-order valence-electron chi connectivity index (χ2n) is 9.04. The van der Waals surface area contributed by atoms with Gasteiger partial charge in [0.15, 0.2) is 0 Å². The maximum absolute atomic E-state index is 13.1. The number of hydrogen-bond donors (Lipinski definition) is 0. The fourth-order valence-corrected chi connectivity index (χ4v) is 6.51. The Kier molecular flexibility index (Phi) is 8.09. The highest BCUT2D eigenvalue weighted by molar-refractivity contribution is 7.88. The average molecular weight is 564 g/mol. The van der Waals surface area contributed by atoms with Crippen molar-refractivity contribution in [1.82, 2.24) is 9.21 Å². The van der Waals surface area contributed by atoms with Crippen LogP contribution >= 0.6 is 23.2 Å². The summed E-state index contributed by atoms with van der Waals surface area (Å²) in [6, 6.07) is 9.93. The Labute approximate surface area is 218 Å². The number of carbonyl (C=O) groups is 1. The Morgan fingerprint density at radius 2 is 1.58 bits per heavy atom. The largest absolute Gasteiger partial charge is 0.416 e. The molecule has 2 aromatic carbocycles. The van der Waals surface area contributed by atoms with E-state index in [0.29, 0.717) is 60.3 Å². The van der Waals surface area contributed by atoms with Crippen LogP contribution in [0, 0.1) is 5.92 Å². The molecule has 2 aromatic rings. The topological polar surface area (TPSA) is 60.9 Å². The van der Waals surface area contributed by atoms with Crippen LogP contribution in [-0.2, 0) is 26.7 Å². The highest BCUT2D eigenvalue weighted by atomic mass is 35.5. The first-order chi connectivity index (χ1) is 16.9. The molecule has 0 saturated carbocycles. The van der Waals surface area contributed by atoms with E-state index in [-0.39, 0.29) is 30.7 Å². The quantitative estimate of drug-likeness (QED) is 0.519. The minimum Gasteiger partial charge on any atom is -0.368 e. The number of anilines is 1. The molecule has 196 valence electrons. The van der Waals surface area contributed by atoms with Gasteiger partial charge in [0.1, 0.15) is 0 Å². The molecule has 2 aliphatic heterocycles. The molecule has 2 heterocycles. The molecule has 0 atom stereocenters. The number of amides is 1. The predicted octanol–water partition coefficient (Wildman–Crippen LogP) is 4.90. The standard InChI is InChI=1S/C24H26Cl2F3N3O3S/c25-21-5-4-17(14-22(21)26)16-36(34,35)32-8-6-18(7-9-32)23(33)31-12-10-30(11-13-31)20-3-1-2-19(15-20)24(27,28)29/h1-5,14-15,18H,6-13,16H2. The summed E-state index contributed by atoms with van der Waals surface area (Å²) in [5, 5.41) is 0.648. The fraction of sp³-hybridized carbons (Fsp3) is 0.458. The van der Waals surface area contributed by atoms with Crippen molar-refractivity contribution in [3.63, 3.8) is 0 Å². The van der Waals surface area contributed by atoms with E-state index in [1.54, 1.807) is 23.1 Å². The number of carbonyl (C=O) groups excluding carboxylic acids is 1. The van der Waals surface area contributed by atoms with Crippen LogP contribution in [0.2, 0.25) is 10.0 Å². The number of sulfonamides is 1. The second kappa shape index (κ2) is 10.8. The van der Waals surface area contributed by atoms with Gasteiger partial charge in [-0.15, -0.1) is 0 Å². The van der Waals surface area contributed by atoms with Crippen molar-refractivity contribution in [2.75, 3.05) is 44.2 Å². The molecule has 1 amide bonds. The Morgan fingerprint density at radius 1 is 0.917 bits per heavy atom. The van der Waals surface area contributed by atoms with E-state index < -0.39 is 21.8 Å². The molecule has 0 bridgehead atoms. The maximum Gasteiger partial charge on any atom is 0.416 e. The Morgan fingerprint density at radius 3 is 2.19 bits per heavy atom. The zero-order chi connectivity index (χ0) is 26.1. The lowest BCUT2D eigenvalue weighted by atomic mass is 9.96. The molecule has 36 heavy (non-hydrogen) atoms. The first-order valence-electron chi connectivity index (χ1n) is 11.6. The van der Waals surface area contributed by atoms with Gasteiger partial charge in [-0.1, -0.05) is 35.3 Å². The van der Waals surface area contributed by atoms with Gasteiger partial charge in [0.2, 0.25) is 15.9 Å². The second-order valence-corrected chi connectivity index (χ2v) is 11.8. The molecule has 6 nitrogen and oxygen atoms in total. The molecular formula is C24H26Cl2F3N3O3S. The normalized spacial score (nSPS) is 18.5. The van der Waals surface area contributed by atoms with Crippen LogP contribution in [0.25, 0.3) is 0 Å². The van der Waals surface area contributed by atoms with Crippen molar-refractivity contribution in [2.45, 2.75) is 24.8 Å². The predicted molar refractivity (Wildman–Crippen MR) is 134 cm³/mol. The molecule has 4 rings (SSSR count). The lowest BCUT2D eigenvalue weighted by Gasteiger charge is -2.39. The van der Waals surface area contributed by atoms with Gasteiger partial charge in [-0.25, -0.2) is 12.7 Å². The van der Waals surface area contributed by atoms with E-state index in [1.807, 2.05) is 4.90 Å². The van der Waals surface area contributed by atoms with Crippen molar-refractivity contribution in [3.05, 3.63) is 63.6 Å². The zero-order valence-corrected chi connectivity index (χ0v) is 21.7. The third-order valence-corrected chi connectivity index (χ3v) is 9.25. The maximum atomic E-state index is 13.1. The first-order valence-corrected chi connectivity index (χ1v) is 13.9. The van der Waals surface area contributed by atoms with E-state index in [2.05, 4.69) is 0 Å². The number of rotatable bonds is 5. The Balaban J connectivity index is 1.29. The van der Waals surface area contributed by atoms with Crippen molar-refractivity contribution in [1.29, 1.82) is 0 Å². The highest BCUT2D eigenvalue weighted by Gasteiger charge is 2.35. The molecule has 2 saturated heterocycles. The van der Waals surface area contributed by atoms with E-state index in [1.165, 1.54) is 16.4 Å². The minimum absolute atomic E-state index is 0.0276. The summed E-state index contributed by atoms with van der Waals surface area (Å²) in [4.78, 5) is 16.6. The van der Waals surface area contributed by atoms with Crippen molar-refractivity contribution in [2.24, 2.45) is 5.92 Å². The van der Waals surface area contributed by atoms with Crippen LogP contribution in [0.3, 0.4) is 0 Å². The fourth-order valence-electron chi connectivity index (χ4n) is 4.63. The Bertz CT molecular complexity index is 1210. The lowest BCUT2D eigenvalue weighted by molar-refractivity contribution is -0.137. The van der Waals surface area contributed by atoms with Gasteiger partial charge in [-0.2, -0.15) is 13.2 Å². The van der Waals surface area contributed by atoms with Gasteiger partial charge in [-0.3, -0.25) is 4.79 Å². The van der Waals surface area contributed by atoms with Crippen LogP contribution in [0.5, 0.6) is 0 Å². The van der Waals surface area contributed by atoms with Crippen molar-refractivity contribution < 1.29 is 26.4 Å². The monoisotopic (exact) mass is 563 g/mol. The van der Waals surface area contributed by atoms with Crippen LogP contribution in [0.1, 0.15) is 24.0 Å². The lowest BCUT2D eigenvalue weighted by Crippen LogP contribution is -2.52. The van der Waals surface area contributed by atoms with Gasteiger partial charge >= 0.3 is 6.18 Å². The van der Waals surface area contributed by atoms with E-state index in [9.17, 15) is 26.4 Å². The highest BCUT2D eigenvalue weighted by Crippen LogP contribution is 2.32. The third-order valence-electron chi connectivity index (χ3n) is 6.66. The molecule has 0 radical (unpaired) electrons. The van der Waals surface area contributed by atoms with Gasteiger partial charge in [-0.05, 0) is 48.7 Å². The summed E-state index contributed by atoms with van der Waals surface area (Å²) >= 11 is 11.9. The van der Waals surface area contributed by atoms with Gasteiger partial charge in [0.25, 0.3) is 0 Å². The first kappa shape index (κ1) is 27.0. The summed E-state index contributed by atoms with van der Waals surface area (Å²) in [5.41, 5.74) is 0.332. The van der Waals surface area contributed by atoms with E-state index in [0.717, 1.165) is 12.1 Å². The number of halogens is 5. The number of piperidine rings is 1. The molecular weight excluding hydrogens is 538 g/mol. The van der Waals surface area contributed by atoms with Crippen LogP contribution in [0.4, 0.5) is 18.9 Å². The number of nitrogens with zero attached hydrogens (tertiary/aromatic N) is 3. The zero-order valence-electron chi connectivity index (χ0n) is 19.3. The van der Waals surface area contributed by atoms with Gasteiger partial charge in [0.05, 0.1) is 21.4 Å². The minimum atomic E-state index is -4.40. The average Bonchev–Trinajstić information content (AvgIpc) is 2.85. The number of piperazine rings is 1.